The monoisotopic (exact) mass is 272 g/mol. The van der Waals surface area contributed by atoms with Gasteiger partial charge in [0.05, 0.1) is 30.5 Å². The molecule has 0 saturated carbocycles. The van der Waals surface area contributed by atoms with Crippen molar-refractivity contribution in [1.82, 2.24) is 19.7 Å². The minimum absolute atomic E-state index is 0.0207. The lowest BCUT2D eigenvalue weighted by Gasteiger charge is -2.35. The lowest BCUT2D eigenvalue weighted by atomic mass is 10.1. The van der Waals surface area contributed by atoms with E-state index in [0.29, 0.717) is 25.3 Å². The summed E-state index contributed by atoms with van der Waals surface area (Å²) in [6.45, 7) is 1.62. The number of hydrogen-bond donors (Lipinski definition) is 0. The van der Waals surface area contributed by atoms with E-state index in [4.69, 9.17) is 4.74 Å². The van der Waals surface area contributed by atoms with Crippen LogP contribution in [0.25, 0.3) is 0 Å². The van der Waals surface area contributed by atoms with E-state index in [1.54, 1.807) is 35.4 Å². The molecule has 0 spiro atoms. The van der Waals surface area contributed by atoms with Crippen LogP contribution in [0.3, 0.4) is 0 Å². The van der Waals surface area contributed by atoms with Crippen molar-refractivity contribution in [2.24, 2.45) is 7.05 Å². The van der Waals surface area contributed by atoms with E-state index in [2.05, 4.69) is 10.1 Å². The van der Waals surface area contributed by atoms with Gasteiger partial charge in [-0.15, -0.1) is 0 Å². The molecular formula is C14H16N4O2. The van der Waals surface area contributed by atoms with Crippen molar-refractivity contribution < 1.29 is 9.53 Å². The van der Waals surface area contributed by atoms with Crippen LogP contribution in [0.15, 0.2) is 36.8 Å². The molecule has 0 aromatic carbocycles. The van der Waals surface area contributed by atoms with E-state index >= 15 is 0 Å². The van der Waals surface area contributed by atoms with Crippen LogP contribution in [0.5, 0.6) is 0 Å². The predicted molar refractivity (Wildman–Crippen MR) is 72.0 cm³/mol. The van der Waals surface area contributed by atoms with E-state index in [-0.39, 0.29) is 11.9 Å². The summed E-state index contributed by atoms with van der Waals surface area (Å²) in [5, 5.41) is 4.17. The maximum Gasteiger partial charge on any atom is 0.256 e. The highest BCUT2D eigenvalue weighted by Gasteiger charge is 2.31. The number of hydrogen-bond acceptors (Lipinski definition) is 4. The topological polar surface area (TPSA) is 60.2 Å². The summed E-state index contributed by atoms with van der Waals surface area (Å²) in [6.07, 6.45) is 4.99. The quantitative estimate of drug-likeness (QED) is 0.819. The zero-order valence-electron chi connectivity index (χ0n) is 11.3. The van der Waals surface area contributed by atoms with Crippen molar-refractivity contribution in [2.75, 3.05) is 19.8 Å². The summed E-state index contributed by atoms with van der Waals surface area (Å²) < 4.78 is 7.31. The molecule has 3 rings (SSSR count). The number of aromatic nitrogens is 3. The van der Waals surface area contributed by atoms with Crippen LogP contribution in [0.2, 0.25) is 0 Å². The molecule has 1 aliphatic heterocycles. The highest BCUT2D eigenvalue weighted by atomic mass is 16.5. The Labute approximate surface area is 117 Å². The SMILES string of the molecule is Cn1nccc1[C@@H]1COCCN1C(=O)c1cccnc1. The smallest absolute Gasteiger partial charge is 0.256 e. The van der Waals surface area contributed by atoms with Crippen LogP contribution in [-0.4, -0.2) is 45.3 Å². The van der Waals surface area contributed by atoms with Crippen LogP contribution < -0.4 is 0 Å². The van der Waals surface area contributed by atoms with Gasteiger partial charge in [0.2, 0.25) is 0 Å². The van der Waals surface area contributed by atoms with Crippen molar-refractivity contribution in [3.8, 4) is 0 Å². The van der Waals surface area contributed by atoms with E-state index in [0.717, 1.165) is 5.69 Å². The molecular weight excluding hydrogens is 256 g/mol. The molecule has 2 aromatic heterocycles. The first-order valence-electron chi connectivity index (χ1n) is 6.54. The van der Waals surface area contributed by atoms with Crippen LogP contribution >= 0.6 is 0 Å². The van der Waals surface area contributed by atoms with Gasteiger partial charge in [-0.1, -0.05) is 0 Å². The van der Waals surface area contributed by atoms with Crippen LogP contribution in [0, 0.1) is 0 Å². The van der Waals surface area contributed by atoms with Gasteiger partial charge in [0.25, 0.3) is 5.91 Å². The third kappa shape index (κ3) is 2.30. The Morgan fingerprint density at radius 1 is 1.40 bits per heavy atom. The summed E-state index contributed by atoms with van der Waals surface area (Å²) in [5.74, 6) is -0.0207. The summed E-state index contributed by atoms with van der Waals surface area (Å²) in [4.78, 5) is 18.5. The third-order valence-corrected chi connectivity index (χ3v) is 3.50. The zero-order chi connectivity index (χ0) is 13.9. The van der Waals surface area contributed by atoms with Gasteiger partial charge < -0.3 is 9.64 Å². The lowest BCUT2D eigenvalue weighted by molar-refractivity contribution is -0.00493. The summed E-state index contributed by atoms with van der Waals surface area (Å²) in [7, 11) is 1.87. The van der Waals surface area contributed by atoms with E-state index in [1.807, 2.05) is 18.0 Å². The van der Waals surface area contributed by atoms with Gasteiger partial charge in [0.15, 0.2) is 0 Å². The second kappa shape index (κ2) is 5.42. The first-order chi connectivity index (χ1) is 9.77. The number of amides is 1. The number of carbonyl (C=O) groups excluding carboxylic acids is 1. The van der Waals surface area contributed by atoms with E-state index in [1.165, 1.54) is 0 Å². The lowest BCUT2D eigenvalue weighted by Crippen LogP contribution is -2.44. The van der Waals surface area contributed by atoms with E-state index < -0.39 is 0 Å². The third-order valence-electron chi connectivity index (χ3n) is 3.50. The van der Waals surface area contributed by atoms with Crippen LogP contribution in [0.1, 0.15) is 22.1 Å². The Morgan fingerprint density at radius 3 is 3.00 bits per heavy atom. The largest absolute Gasteiger partial charge is 0.377 e. The molecule has 1 atom stereocenters. The fourth-order valence-corrected chi connectivity index (χ4v) is 2.46. The van der Waals surface area contributed by atoms with Crippen molar-refractivity contribution in [2.45, 2.75) is 6.04 Å². The maximum absolute atomic E-state index is 12.6. The highest BCUT2D eigenvalue weighted by molar-refractivity contribution is 5.94. The van der Waals surface area contributed by atoms with Gasteiger partial charge in [-0.25, -0.2) is 0 Å². The Bertz CT molecular complexity index is 596. The molecule has 0 bridgehead atoms. The van der Waals surface area contributed by atoms with Crippen molar-refractivity contribution in [3.63, 3.8) is 0 Å². The number of rotatable bonds is 2. The van der Waals surface area contributed by atoms with Gasteiger partial charge in [0.1, 0.15) is 0 Å². The number of nitrogens with zero attached hydrogens (tertiary/aromatic N) is 4. The number of aryl methyl sites for hydroxylation is 1. The minimum atomic E-state index is -0.107. The summed E-state index contributed by atoms with van der Waals surface area (Å²) in [6, 6.07) is 5.37. The number of carbonyl (C=O) groups is 1. The molecule has 1 aliphatic rings. The molecule has 20 heavy (non-hydrogen) atoms. The van der Waals surface area contributed by atoms with Gasteiger partial charge in [0, 0.05) is 32.2 Å². The van der Waals surface area contributed by atoms with Crippen LogP contribution in [0.4, 0.5) is 0 Å². The highest BCUT2D eigenvalue weighted by Crippen LogP contribution is 2.25. The van der Waals surface area contributed by atoms with Gasteiger partial charge in [-0.2, -0.15) is 5.10 Å². The minimum Gasteiger partial charge on any atom is -0.377 e. The molecule has 1 saturated heterocycles. The number of ether oxygens (including phenoxy) is 1. The number of morpholine rings is 1. The van der Waals surface area contributed by atoms with Crippen LogP contribution in [-0.2, 0) is 11.8 Å². The molecule has 6 nitrogen and oxygen atoms in total. The van der Waals surface area contributed by atoms with E-state index in [9.17, 15) is 4.79 Å². The Balaban J connectivity index is 1.90. The van der Waals surface area contributed by atoms with Crippen molar-refractivity contribution >= 4 is 5.91 Å². The average molecular weight is 272 g/mol. The molecule has 104 valence electrons. The zero-order valence-corrected chi connectivity index (χ0v) is 11.3. The first kappa shape index (κ1) is 12.8. The number of pyridine rings is 1. The molecule has 1 fully saturated rings. The maximum atomic E-state index is 12.6. The fraction of sp³-hybridized carbons (Fsp3) is 0.357. The molecule has 1 amide bonds. The van der Waals surface area contributed by atoms with Crippen molar-refractivity contribution in [1.29, 1.82) is 0 Å². The first-order valence-corrected chi connectivity index (χ1v) is 6.54. The predicted octanol–water partition coefficient (Wildman–Crippen LogP) is 1.03. The second-order valence-electron chi connectivity index (χ2n) is 4.71. The summed E-state index contributed by atoms with van der Waals surface area (Å²) >= 11 is 0. The van der Waals surface area contributed by atoms with Gasteiger partial charge in [-0.3, -0.25) is 14.5 Å². The second-order valence-corrected chi connectivity index (χ2v) is 4.71. The summed E-state index contributed by atoms with van der Waals surface area (Å²) in [5.41, 5.74) is 1.57. The Kier molecular flexibility index (Phi) is 3.47. The molecule has 6 heteroatoms. The molecule has 0 radical (unpaired) electrons. The normalized spacial score (nSPS) is 19.1. The standard InChI is InChI=1S/C14H16N4O2/c1-17-12(4-6-16-17)13-10-20-8-7-18(13)14(19)11-3-2-5-15-9-11/h2-6,9,13H,7-8,10H2,1H3/t13-/m0/s1. The molecule has 0 N–H and O–H groups in total. The average Bonchev–Trinajstić information content (AvgIpc) is 2.93. The van der Waals surface area contributed by atoms with Gasteiger partial charge >= 0.3 is 0 Å². The molecule has 0 unspecified atom stereocenters. The fourth-order valence-electron chi connectivity index (χ4n) is 2.46. The Morgan fingerprint density at radius 2 is 2.30 bits per heavy atom. The molecule has 2 aromatic rings. The molecule has 3 heterocycles. The molecule has 0 aliphatic carbocycles. The Hall–Kier alpha value is -2.21. The van der Waals surface area contributed by atoms with Crippen molar-refractivity contribution in [3.05, 3.63) is 48.0 Å². The van der Waals surface area contributed by atoms with Gasteiger partial charge in [-0.05, 0) is 18.2 Å².